The summed E-state index contributed by atoms with van der Waals surface area (Å²) < 4.78 is 29.4. The van der Waals surface area contributed by atoms with Gasteiger partial charge in [-0.25, -0.2) is 0 Å². The predicted molar refractivity (Wildman–Crippen MR) is 161 cm³/mol. The monoisotopic (exact) mass is 602 g/mol. The summed E-state index contributed by atoms with van der Waals surface area (Å²) in [6, 6.07) is 20.0. The first-order valence-electron chi connectivity index (χ1n) is 13.9. The smallest absolute Gasteiger partial charge is 0.493 e. The maximum Gasteiger partial charge on any atom is 0.493 e. The van der Waals surface area contributed by atoms with E-state index in [1.165, 1.54) is 0 Å². The lowest BCUT2D eigenvalue weighted by Crippen LogP contribution is -2.28. The lowest BCUT2D eigenvalue weighted by molar-refractivity contribution is 0.0985. The molecule has 0 N–H and O–H groups in total. The van der Waals surface area contributed by atoms with Gasteiger partial charge in [-0.2, -0.15) is 14.3 Å². The number of ether oxygens (including phenoxy) is 3. The van der Waals surface area contributed by atoms with Crippen LogP contribution in [0.15, 0.2) is 102 Å². The quantitative estimate of drug-likeness (QED) is 0.138. The lowest BCUT2D eigenvalue weighted by atomic mass is 10.2. The van der Waals surface area contributed by atoms with Crippen LogP contribution in [-0.2, 0) is 0 Å². The van der Waals surface area contributed by atoms with E-state index in [0.29, 0.717) is 43.5 Å². The third-order valence-electron chi connectivity index (χ3n) is 5.74. The van der Waals surface area contributed by atoms with E-state index in [1.54, 1.807) is 93.6 Å². The van der Waals surface area contributed by atoms with Gasteiger partial charge in [-0.15, -0.1) is 15.3 Å². The van der Waals surface area contributed by atoms with Crippen molar-refractivity contribution in [2.24, 2.45) is 29.7 Å². The van der Waals surface area contributed by atoms with Crippen molar-refractivity contribution >= 4 is 26.3 Å². The summed E-state index contributed by atoms with van der Waals surface area (Å²) in [5.74, 6) is -1.10. The number of nitrogens with zero attached hydrogens (tertiary/aromatic N) is 6. The van der Waals surface area contributed by atoms with Gasteiger partial charge in [-0.05, 0) is 57.2 Å². The molecule has 0 aliphatic rings. The van der Waals surface area contributed by atoms with Crippen molar-refractivity contribution in [2.45, 2.75) is 40.2 Å². The predicted octanol–water partition coefficient (Wildman–Crippen LogP) is 7.41. The molecule has 0 radical (unpaired) electrons. The Hall–Kier alpha value is -4.91. The van der Waals surface area contributed by atoms with Crippen molar-refractivity contribution in [1.29, 1.82) is 0 Å². The Morgan fingerprint density at radius 2 is 0.837 bits per heavy atom. The molecule has 0 atom stereocenters. The number of amides is 3. The van der Waals surface area contributed by atoms with Gasteiger partial charge >= 0.3 is 8.56 Å². The zero-order valence-electron chi connectivity index (χ0n) is 24.6. The van der Waals surface area contributed by atoms with E-state index in [4.69, 9.17) is 14.2 Å². The Kier molecular flexibility index (Phi) is 12.5. The molecule has 3 aromatic rings. The van der Waals surface area contributed by atoms with E-state index in [1.807, 2.05) is 6.92 Å². The first kappa shape index (κ1) is 32.6. The van der Waals surface area contributed by atoms with Crippen molar-refractivity contribution in [2.75, 3.05) is 19.8 Å². The van der Waals surface area contributed by atoms with Gasteiger partial charge in [-0.1, -0.05) is 49.7 Å². The van der Waals surface area contributed by atoms with Gasteiger partial charge < -0.3 is 14.2 Å². The molecule has 0 aliphatic heterocycles. The molecule has 13 heteroatoms. The lowest BCUT2D eigenvalue weighted by Gasteiger charge is -2.13. The third kappa shape index (κ3) is 9.04. The molecule has 0 heterocycles. The van der Waals surface area contributed by atoms with Gasteiger partial charge in [0.2, 0.25) is 0 Å². The van der Waals surface area contributed by atoms with Crippen molar-refractivity contribution in [1.82, 2.24) is 0 Å². The third-order valence-corrected chi connectivity index (χ3v) is 8.17. The molecule has 0 fully saturated rings. The molecule has 3 amide bonds. The number of benzene rings is 3. The van der Waals surface area contributed by atoms with Crippen LogP contribution in [0.25, 0.3) is 0 Å². The molecule has 43 heavy (non-hydrogen) atoms. The van der Waals surface area contributed by atoms with Crippen LogP contribution < -0.4 is 14.2 Å². The molecular weight excluding hydrogens is 568 g/mol. The summed E-state index contributed by atoms with van der Waals surface area (Å²) in [7, 11) is -3.90. The van der Waals surface area contributed by atoms with Gasteiger partial charge in [0.15, 0.2) is 0 Å². The van der Waals surface area contributed by atoms with Gasteiger partial charge in [0.1, 0.15) is 17.2 Å². The highest BCUT2D eigenvalue weighted by Crippen LogP contribution is 2.26. The summed E-state index contributed by atoms with van der Waals surface area (Å²) >= 11 is 0. The van der Waals surface area contributed by atoms with Crippen molar-refractivity contribution in [3.8, 4) is 17.2 Å². The summed E-state index contributed by atoms with van der Waals surface area (Å²) in [5.41, 5.74) is 0.555. The molecule has 0 unspecified atom stereocenters. The highest BCUT2D eigenvalue weighted by atomic mass is 28.4. The number of hydrogen-bond donors (Lipinski definition) is 0. The number of rotatable bonds is 14. The zero-order valence-corrected chi connectivity index (χ0v) is 25.6. The van der Waals surface area contributed by atoms with Crippen LogP contribution in [0.4, 0.5) is 0 Å². The van der Waals surface area contributed by atoms with Gasteiger partial charge in [0.05, 0.1) is 36.5 Å². The Bertz CT molecular complexity index is 1340. The van der Waals surface area contributed by atoms with E-state index in [9.17, 15) is 14.4 Å². The number of carbonyl (C=O) groups excluding carboxylic acids is 3. The normalized spacial score (nSPS) is 12.8. The molecule has 12 nitrogen and oxygen atoms in total. The standard InChI is InChI=1S/C30H34N6O6Si/c1-5-21-43(34-31-28(37)22-15-9-12-18-25(22)40-6-2,35-32-29(38)23-16-10-13-19-26(23)41-7-3)36-33-30(39)24-17-11-14-20-27(24)42-8-4/h9-20H,5-8,21H2,1-4H3. The fourth-order valence-corrected chi connectivity index (χ4v) is 5.70. The maximum absolute atomic E-state index is 13.1. The van der Waals surface area contributed by atoms with Crippen molar-refractivity contribution < 1.29 is 28.6 Å². The molecule has 0 saturated heterocycles. The summed E-state index contributed by atoms with van der Waals surface area (Å²) in [4.78, 5) is 39.3. The summed E-state index contributed by atoms with van der Waals surface area (Å²) in [6.07, 6.45) is 0.473. The number of hydrogen-bond acceptors (Lipinski definition) is 9. The average molecular weight is 603 g/mol. The van der Waals surface area contributed by atoms with Crippen LogP contribution in [-0.4, -0.2) is 46.1 Å². The van der Waals surface area contributed by atoms with Gasteiger partial charge in [0, 0.05) is 6.04 Å². The minimum absolute atomic E-state index is 0.157. The Labute approximate surface area is 251 Å². The van der Waals surface area contributed by atoms with Crippen LogP contribution in [0.2, 0.25) is 6.04 Å². The Balaban J connectivity index is 2.06. The zero-order chi connectivity index (χ0) is 31.1. The fourth-order valence-electron chi connectivity index (χ4n) is 3.86. The van der Waals surface area contributed by atoms with Crippen molar-refractivity contribution in [3.63, 3.8) is 0 Å². The Morgan fingerprint density at radius 1 is 0.535 bits per heavy atom. The van der Waals surface area contributed by atoms with Gasteiger partial charge in [0.25, 0.3) is 17.7 Å². The van der Waals surface area contributed by atoms with Crippen LogP contribution in [0, 0.1) is 0 Å². The molecule has 3 rings (SSSR count). The molecular formula is C30H34N6O6Si. The van der Waals surface area contributed by atoms with Crippen LogP contribution in [0.1, 0.15) is 65.2 Å². The number of para-hydroxylation sites is 3. The number of carbonyl (C=O) groups is 3. The second-order valence-corrected chi connectivity index (χ2v) is 11.5. The van der Waals surface area contributed by atoms with Crippen LogP contribution in [0.3, 0.4) is 0 Å². The SMILES string of the molecule is CCC[Si](N=NC(=O)c1ccccc1OCC)(N=NC(=O)c1ccccc1OCC)N=NC(=O)c1ccccc1OCC. The van der Waals surface area contributed by atoms with Gasteiger partial charge in [-0.3, -0.25) is 14.4 Å². The highest BCUT2D eigenvalue weighted by Gasteiger charge is 2.38. The topological polar surface area (TPSA) is 153 Å². The van der Waals surface area contributed by atoms with E-state index in [2.05, 4.69) is 29.7 Å². The molecule has 3 aromatic carbocycles. The minimum atomic E-state index is -3.90. The molecule has 224 valence electrons. The molecule has 0 bridgehead atoms. The molecule has 0 saturated carbocycles. The summed E-state index contributed by atoms with van der Waals surface area (Å²) in [6.45, 7) is 8.25. The fraction of sp³-hybridized carbons (Fsp3) is 0.300. The Morgan fingerprint density at radius 3 is 1.12 bits per heavy atom. The maximum atomic E-state index is 13.1. The largest absolute Gasteiger partial charge is 0.493 e. The first-order valence-corrected chi connectivity index (χ1v) is 16.0. The molecule has 0 aliphatic carbocycles. The van der Waals surface area contributed by atoms with Crippen molar-refractivity contribution in [3.05, 3.63) is 89.5 Å². The minimum Gasteiger partial charge on any atom is -0.493 e. The van der Waals surface area contributed by atoms with Crippen LogP contribution in [0.5, 0.6) is 17.2 Å². The second kappa shape index (κ2) is 16.5. The van der Waals surface area contributed by atoms with E-state index < -0.39 is 26.3 Å². The second-order valence-electron chi connectivity index (χ2n) is 8.83. The molecule has 0 aromatic heterocycles. The van der Waals surface area contributed by atoms with E-state index >= 15 is 0 Å². The highest BCUT2D eigenvalue weighted by molar-refractivity contribution is 6.74. The summed E-state index contributed by atoms with van der Waals surface area (Å²) in [5, 5.41) is 11.7. The van der Waals surface area contributed by atoms with E-state index in [-0.39, 0.29) is 22.7 Å². The first-order chi connectivity index (χ1) is 20.9. The molecule has 0 spiro atoms. The van der Waals surface area contributed by atoms with E-state index in [0.717, 1.165) is 0 Å². The van der Waals surface area contributed by atoms with Crippen LogP contribution >= 0.6 is 0 Å². The average Bonchev–Trinajstić information content (AvgIpc) is 3.02.